The molecule has 0 bridgehead atoms. The lowest BCUT2D eigenvalue weighted by atomic mass is 10.0. The molecule has 3 aromatic rings. The minimum atomic E-state index is -4.73. The van der Waals surface area contributed by atoms with Crippen molar-refractivity contribution in [1.82, 2.24) is 15.2 Å². The fourth-order valence-electron chi connectivity index (χ4n) is 2.41. The summed E-state index contributed by atoms with van der Waals surface area (Å²) in [5.74, 6) is 0. The quantitative estimate of drug-likeness (QED) is 0.742. The van der Waals surface area contributed by atoms with E-state index in [9.17, 15) is 21.6 Å². The molecule has 0 aliphatic rings. The Kier molecular flexibility index (Phi) is 4.09. The first-order chi connectivity index (χ1) is 11.7. The van der Waals surface area contributed by atoms with Gasteiger partial charge in [-0.05, 0) is 18.2 Å². The number of aromatic amines is 1. The molecule has 6 nitrogen and oxygen atoms in total. The van der Waals surface area contributed by atoms with E-state index < -0.39 is 21.9 Å². The molecular formula is C15H11F3N4O2S. The molecule has 3 rings (SSSR count). The van der Waals surface area contributed by atoms with Crippen LogP contribution in [0.2, 0.25) is 0 Å². The number of H-pyrrole nitrogens is 1. The lowest BCUT2D eigenvalue weighted by molar-refractivity contribution is -0.140. The van der Waals surface area contributed by atoms with E-state index in [4.69, 9.17) is 5.14 Å². The topological polar surface area (TPSA) is 102 Å². The number of aromatic nitrogens is 3. The highest BCUT2D eigenvalue weighted by molar-refractivity contribution is 7.89. The Bertz CT molecular complexity index is 1010. The van der Waals surface area contributed by atoms with Gasteiger partial charge in [0, 0.05) is 11.8 Å². The lowest BCUT2D eigenvalue weighted by Gasteiger charge is -2.10. The van der Waals surface area contributed by atoms with Crippen molar-refractivity contribution in [3.8, 4) is 22.5 Å². The third kappa shape index (κ3) is 3.26. The number of hydrogen-bond donors (Lipinski definition) is 2. The van der Waals surface area contributed by atoms with Crippen LogP contribution < -0.4 is 5.14 Å². The first-order valence-corrected chi connectivity index (χ1v) is 8.43. The van der Waals surface area contributed by atoms with Crippen molar-refractivity contribution in [3.05, 3.63) is 54.4 Å². The summed E-state index contributed by atoms with van der Waals surface area (Å²) in [5, 5.41) is 10.8. The zero-order valence-corrected chi connectivity index (χ0v) is 13.3. The molecule has 25 heavy (non-hydrogen) atoms. The molecule has 0 spiro atoms. The number of benzene rings is 1. The molecule has 10 heteroatoms. The third-order valence-corrected chi connectivity index (χ3v) is 4.39. The second-order valence-corrected chi connectivity index (χ2v) is 6.61. The van der Waals surface area contributed by atoms with Crippen LogP contribution in [0.3, 0.4) is 0 Å². The van der Waals surface area contributed by atoms with E-state index in [2.05, 4.69) is 10.1 Å². The minimum Gasteiger partial charge on any atom is -0.272 e. The monoisotopic (exact) mass is 368 g/mol. The Labute approximate surface area is 140 Å². The van der Waals surface area contributed by atoms with Gasteiger partial charge < -0.3 is 0 Å². The van der Waals surface area contributed by atoms with Crippen molar-refractivity contribution in [3.63, 3.8) is 0 Å². The van der Waals surface area contributed by atoms with Crippen molar-refractivity contribution >= 4 is 10.0 Å². The van der Waals surface area contributed by atoms with E-state index in [1.54, 1.807) is 6.07 Å². The van der Waals surface area contributed by atoms with Crippen LogP contribution in [0.15, 0.2) is 53.6 Å². The van der Waals surface area contributed by atoms with E-state index in [0.29, 0.717) is 0 Å². The van der Waals surface area contributed by atoms with Crippen molar-refractivity contribution in [2.75, 3.05) is 0 Å². The van der Waals surface area contributed by atoms with Gasteiger partial charge in [-0.3, -0.25) is 10.1 Å². The molecular weight excluding hydrogens is 357 g/mol. The van der Waals surface area contributed by atoms with Gasteiger partial charge in [-0.1, -0.05) is 24.3 Å². The van der Waals surface area contributed by atoms with Crippen molar-refractivity contribution < 1.29 is 21.6 Å². The Morgan fingerprint density at radius 2 is 1.72 bits per heavy atom. The predicted molar refractivity (Wildman–Crippen MR) is 83.6 cm³/mol. The maximum absolute atomic E-state index is 13.4. The summed E-state index contributed by atoms with van der Waals surface area (Å²) in [7, 11) is -4.16. The summed E-state index contributed by atoms with van der Waals surface area (Å²) in [4.78, 5) is 3.61. The molecule has 0 amide bonds. The molecule has 0 aliphatic heterocycles. The summed E-state index contributed by atoms with van der Waals surface area (Å²) in [6.45, 7) is 0. The van der Waals surface area contributed by atoms with Gasteiger partial charge in [0.25, 0.3) is 0 Å². The normalized spacial score (nSPS) is 12.3. The van der Waals surface area contributed by atoms with Crippen LogP contribution in [-0.2, 0) is 16.2 Å². The number of halogens is 3. The molecule has 0 aliphatic carbocycles. The van der Waals surface area contributed by atoms with Crippen molar-refractivity contribution in [2.45, 2.75) is 11.1 Å². The summed E-state index contributed by atoms with van der Waals surface area (Å²) in [6, 6.07) is 9.88. The Morgan fingerprint density at radius 3 is 2.32 bits per heavy atom. The molecule has 1 aromatic carbocycles. The fraction of sp³-hybridized carbons (Fsp3) is 0.0667. The Morgan fingerprint density at radius 1 is 1.04 bits per heavy atom. The number of nitrogens with one attached hydrogen (secondary N) is 1. The second kappa shape index (κ2) is 5.97. The van der Waals surface area contributed by atoms with Crippen LogP contribution in [0.1, 0.15) is 5.69 Å². The maximum atomic E-state index is 13.4. The van der Waals surface area contributed by atoms with Crippen molar-refractivity contribution in [2.24, 2.45) is 5.14 Å². The highest BCUT2D eigenvalue weighted by Gasteiger charge is 2.39. The smallest absolute Gasteiger partial charge is 0.272 e. The van der Waals surface area contributed by atoms with Gasteiger partial charge in [0.05, 0.1) is 16.2 Å². The molecule has 0 fully saturated rings. The first kappa shape index (κ1) is 17.1. The zero-order chi connectivity index (χ0) is 18.2. The number of nitrogens with zero attached hydrogens (tertiary/aromatic N) is 2. The maximum Gasteiger partial charge on any atom is 0.433 e. The summed E-state index contributed by atoms with van der Waals surface area (Å²) in [6.07, 6.45) is -3.40. The summed E-state index contributed by atoms with van der Waals surface area (Å²) in [5.41, 5.74) is -1.70. The van der Waals surface area contributed by atoms with E-state index >= 15 is 0 Å². The summed E-state index contributed by atoms with van der Waals surface area (Å²) >= 11 is 0. The Balaban J connectivity index is 2.36. The molecule has 0 unspecified atom stereocenters. The van der Waals surface area contributed by atoms with E-state index in [-0.39, 0.29) is 27.4 Å². The molecule has 0 saturated carbocycles. The molecule has 0 saturated heterocycles. The second-order valence-electron chi connectivity index (χ2n) is 5.08. The van der Waals surface area contributed by atoms with Crippen LogP contribution >= 0.6 is 0 Å². The average molecular weight is 368 g/mol. The number of primary sulfonamides is 1. The van der Waals surface area contributed by atoms with E-state index in [0.717, 1.165) is 0 Å². The number of hydrogen-bond acceptors (Lipinski definition) is 4. The first-order valence-electron chi connectivity index (χ1n) is 6.89. The van der Waals surface area contributed by atoms with Crippen LogP contribution in [0.5, 0.6) is 0 Å². The standard InChI is InChI=1S/C15H11F3N4O2S/c16-15(17,18)14-12(10-6-3-4-8-20-10)13(21-22-14)9-5-1-2-7-11(9)25(19,23)24/h1-8H,(H,21,22)(H2,19,23,24). The number of rotatable bonds is 3. The zero-order valence-electron chi connectivity index (χ0n) is 12.4. The Hall–Kier alpha value is -2.72. The SMILES string of the molecule is NS(=O)(=O)c1ccccc1-c1n[nH]c(C(F)(F)F)c1-c1ccccn1. The molecule has 0 atom stereocenters. The fourth-order valence-corrected chi connectivity index (χ4v) is 3.15. The van der Waals surface area contributed by atoms with Crippen molar-refractivity contribution in [1.29, 1.82) is 0 Å². The minimum absolute atomic E-state index is 0.00259. The molecule has 3 N–H and O–H groups in total. The molecule has 130 valence electrons. The number of pyridine rings is 1. The van der Waals surface area contributed by atoms with Crippen LogP contribution in [-0.4, -0.2) is 23.6 Å². The highest BCUT2D eigenvalue weighted by Crippen LogP contribution is 2.41. The summed E-state index contributed by atoms with van der Waals surface area (Å²) < 4.78 is 63.6. The van der Waals surface area contributed by atoms with Gasteiger partial charge >= 0.3 is 6.18 Å². The van der Waals surface area contributed by atoms with Gasteiger partial charge in [-0.2, -0.15) is 18.3 Å². The van der Waals surface area contributed by atoms with E-state index in [1.165, 1.54) is 42.6 Å². The van der Waals surface area contributed by atoms with Gasteiger partial charge in [-0.15, -0.1) is 0 Å². The molecule has 0 radical (unpaired) electrons. The number of nitrogens with two attached hydrogens (primary N) is 1. The van der Waals surface area contributed by atoms with Gasteiger partial charge in [0.1, 0.15) is 11.4 Å². The number of alkyl halides is 3. The van der Waals surface area contributed by atoms with E-state index in [1.807, 2.05) is 5.10 Å². The lowest BCUT2D eigenvalue weighted by Crippen LogP contribution is -2.13. The largest absolute Gasteiger partial charge is 0.433 e. The average Bonchev–Trinajstić information content (AvgIpc) is 3.00. The predicted octanol–water partition coefficient (Wildman–Crippen LogP) is 2.80. The third-order valence-electron chi connectivity index (χ3n) is 3.42. The molecule has 2 heterocycles. The van der Waals surface area contributed by atoms with Crippen LogP contribution in [0.25, 0.3) is 22.5 Å². The number of sulfonamides is 1. The van der Waals surface area contributed by atoms with Crippen LogP contribution in [0, 0.1) is 0 Å². The van der Waals surface area contributed by atoms with Gasteiger partial charge in [0.15, 0.2) is 0 Å². The molecule has 2 aromatic heterocycles. The van der Waals surface area contributed by atoms with Gasteiger partial charge in [0.2, 0.25) is 10.0 Å². The van der Waals surface area contributed by atoms with Crippen LogP contribution in [0.4, 0.5) is 13.2 Å². The highest BCUT2D eigenvalue weighted by atomic mass is 32.2. The van der Waals surface area contributed by atoms with Gasteiger partial charge in [-0.25, -0.2) is 13.6 Å².